The molecule has 2 nitrogen and oxygen atoms in total. The first-order valence-electron chi connectivity index (χ1n) is 4.35. The number of nitrogens with zero attached hydrogens (tertiary/aromatic N) is 1. The van der Waals surface area contributed by atoms with Crippen molar-refractivity contribution in [3.05, 3.63) is 18.3 Å². The minimum Gasteiger partial charge on any atom is -0.391 e. The van der Waals surface area contributed by atoms with Crippen LogP contribution in [0.2, 0.25) is 0 Å². The highest BCUT2D eigenvalue weighted by molar-refractivity contribution is 7.22. The molecule has 0 spiro atoms. The van der Waals surface area contributed by atoms with Crippen LogP contribution in [0, 0.1) is 0 Å². The van der Waals surface area contributed by atoms with Crippen molar-refractivity contribution in [3.8, 4) is 0 Å². The number of hydrogen-bond donors (Lipinski definition) is 1. The van der Waals surface area contributed by atoms with Crippen LogP contribution in [0.3, 0.4) is 0 Å². The second kappa shape index (κ2) is 2.51. The van der Waals surface area contributed by atoms with E-state index >= 15 is 0 Å². The summed E-state index contributed by atoms with van der Waals surface area (Å²) in [5, 5.41) is 2.14. The van der Waals surface area contributed by atoms with E-state index in [1.807, 2.05) is 6.07 Å². The van der Waals surface area contributed by atoms with Crippen LogP contribution < -0.4 is 5.73 Å². The number of nitrogens with two attached hydrogens (primary N) is 1. The first-order chi connectivity index (χ1) is 5.98. The molecule has 0 aliphatic heterocycles. The molecule has 0 amide bonds. The summed E-state index contributed by atoms with van der Waals surface area (Å²) in [6, 6.07) is 4.15. The van der Waals surface area contributed by atoms with Crippen molar-refractivity contribution in [1.82, 2.24) is 4.57 Å². The molecule has 2 aromatic heterocycles. The van der Waals surface area contributed by atoms with Crippen molar-refractivity contribution in [2.24, 2.45) is 0 Å². The smallest absolute Gasteiger partial charge is 0.105 e. The standard InChI is InChI=1S/C10H14N2S/c1-10(2,3)12-5-4-7-6-8(11)13-9(7)12/h4-6H,11H2,1-3H3. The molecule has 0 aromatic carbocycles. The molecule has 0 unspecified atom stereocenters. The first kappa shape index (κ1) is 8.63. The number of thiophene rings is 1. The van der Waals surface area contributed by atoms with Gasteiger partial charge >= 0.3 is 0 Å². The van der Waals surface area contributed by atoms with Crippen molar-refractivity contribution in [2.45, 2.75) is 26.3 Å². The van der Waals surface area contributed by atoms with Gasteiger partial charge in [-0.25, -0.2) is 0 Å². The van der Waals surface area contributed by atoms with Gasteiger partial charge in [-0.05, 0) is 32.9 Å². The van der Waals surface area contributed by atoms with Crippen molar-refractivity contribution in [3.63, 3.8) is 0 Å². The molecule has 0 bridgehead atoms. The van der Waals surface area contributed by atoms with E-state index in [1.54, 1.807) is 11.3 Å². The third-order valence-corrected chi connectivity index (χ3v) is 3.08. The van der Waals surface area contributed by atoms with Crippen molar-refractivity contribution >= 4 is 26.6 Å². The van der Waals surface area contributed by atoms with Gasteiger partial charge in [0, 0.05) is 17.1 Å². The maximum atomic E-state index is 5.75. The summed E-state index contributed by atoms with van der Waals surface area (Å²) >= 11 is 1.65. The highest BCUT2D eigenvalue weighted by Gasteiger charge is 2.16. The Morgan fingerprint density at radius 3 is 2.69 bits per heavy atom. The number of fused-ring (bicyclic) bond motifs is 1. The lowest BCUT2D eigenvalue weighted by Crippen LogP contribution is -2.19. The van der Waals surface area contributed by atoms with Gasteiger partial charge in [0.25, 0.3) is 0 Å². The monoisotopic (exact) mass is 194 g/mol. The molecule has 0 radical (unpaired) electrons. The number of hydrogen-bond acceptors (Lipinski definition) is 2. The molecule has 2 N–H and O–H groups in total. The molecule has 0 saturated carbocycles. The maximum Gasteiger partial charge on any atom is 0.105 e. The Hall–Kier alpha value is -0.960. The predicted octanol–water partition coefficient (Wildman–Crippen LogP) is 3.04. The zero-order chi connectivity index (χ0) is 9.64. The molecule has 0 aliphatic rings. The van der Waals surface area contributed by atoms with E-state index < -0.39 is 0 Å². The zero-order valence-electron chi connectivity index (χ0n) is 8.16. The van der Waals surface area contributed by atoms with Crippen molar-refractivity contribution in [2.75, 3.05) is 5.73 Å². The maximum absolute atomic E-state index is 5.75. The quantitative estimate of drug-likeness (QED) is 0.686. The van der Waals surface area contributed by atoms with E-state index in [0.29, 0.717) is 0 Å². The van der Waals surface area contributed by atoms with E-state index in [0.717, 1.165) is 5.00 Å². The summed E-state index contributed by atoms with van der Waals surface area (Å²) < 4.78 is 2.27. The van der Waals surface area contributed by atoms with Crippen LogP contribution in [0.1, 0.15) is 20.8 Å². The molecule has 2 rings (SSSR count). The van der Waals surface area contributed by atoms with Gasteiger partial charge in [-0.3, -0.25) is 0 Å². The highest BCUT2D eigenvalue weighted by Crippen LogP contribution is 2.32. The largest absolute Gasteiger partial charge is 0.391 e. The van der Waals surface area contributed by atoms with E-state index in [2.05, 4.69) is 37.6 Å². The summed E-state index contributed by atoms with van der Waals surface area (Å²) in [6.45, 7) is 6.59. The number of nitrogen functional groups attached to an aromatic ring is 1. The van der Waals surface area contributed by atoms with Crippen LogP contribution in [0.5, 0.6) is 0 Å². The van der Waals surface area contributed by atoms with E-state index in [4.69, 9.17) is 5.73 Å². The zero-order valence-corrected chi connectivity index (χ0v) is 8.98. The number of anilines is 1. The van der Waals surface area contributed by atoms with Crippen molar-refractivity contribution < 1.29 is 0 Å². The van der Waals surface area contributed by atoms with Gasteiger partial charge in [-0.15, -0.1) is 11.3 Å². The van der Waals surface area contributed by atoms with Gasteiger partial charge < -0.3 is 10.3 Å². The van der Waals surface area contributed by atoms with Crippen LogP contribution in [0.15, 0.2) is 18.3 Å². The average Bonchev–Trinajstić information content (AvgIpc) is 2.41. The van der Waals surface area contributed by atoms with Crippen LogP contribution in [-0.2, 0) is 5.54 Å². The summed E-state index contributed by atoms with van der Waals surface area (Å²) in [7, 11) is 0. The van der Waals surface area contributed by atoms with Gasteiger partial charge in [-0.2, -0.15) is 0 Å². The Kier molecular flexibility index (Phi) is 1.67. The summed E-state index contributed by atoms with van der Waals surface area (Å²) in [6.07, 6.45) is 2.13. The third kappa shape index (κ3) is 1.33. The Morgan fingerprint density at radius 1 is 1.38 bits per heavy atom. The summed E-state index contributed by atoms with van der Waals surface area (Å²) in [4.78, 5) is 1.27. The second-order valence-electron chi connectivity index (χ2n) is 4.27. The second-order valence-corrected chi connectivity index (χ2v) is 5.33. The number of rotatable bonds is 0. The minimum absolute atomic E-state index is 0.138. The Labute approximate surface area is 82.0 Å². The van der Waals surface area contributed by atoms with E-state index in [9.17, 15) is 0 Å². The average molecular weight is 194 g/mol. The molecule has 70 valence electrons. The SMILES string of the molecule is CC(C)(C)n1ccc2cc(N)sc21. The molecule has 13 heavy (non-hydrogen) atoms. The molecule has 0 atom stereocenters. The molecule has 0 saturated heterocycles. The van der Waals surface area contributed by atoms with E-state index in [-0.39, 0.29) is 5.54 Å². The fraction of sp³-hybridized carbons (Fsp3) is 0.400. The molecule has 0 aliphatic carbocycles. The van der Waals surface area contributed by atoms with Gasteiger partial charge in [0.1, 0.15) is 4.83 Å². The molecule has 0 fully saturated rings. The summed E-state index contributed by atoms with van der Waals surface area (Å²) in [5.74, 6) is 0. The molecule has 3 heteroatoms. The highest BCUT2D eigenvalue weighted by atomic mass is 32.1. The van der Waals surface area contributed by atoms with Crippen LogP contribution in [-0.4, -0.2) is 4.57 Å². The Morgan fingerprint density at radius 2 is 2.08 bits per heavy atom. The third-order valence-electron chi connectivity index (χ3n) is 2.10. The van der Waals surface area contributed by atoms with Crippen LogP contribution in [0.4, 0.5) is 5.00 Å². The Bertz CT molecular complexity index is 431. The predicted molar refractivity (Wildman–Crippen MR) is 59.2 cm³/mol. The Balaban J connectivity index is 2.70. The topological polar surface area (TPSA) is 30.9 Å². The van der Waals surface area contributed by atoms with Crippen LogP contribution >= 0.6 is 11.3 Å². The van der Waals surface area contributed by atoms with Gasteiger partial charge in [-0.1, -0.05) is 0 Å². The van der Waals surface area contributed by atoms with Gasteiger partial charge in [0.2, 0.25) is 0 Å². The lowest BCUT2D eigenvalue weighted by molar-refractivity contribution is 0.412. The lowest BCUT2D eigenvalue weighted by atomic mass is 10.1. The first-order valence-corrected chi connectivity index (χ1v) is 5.17. The molecular weight excluding hydrogens is 180 g/mol. The van der Waals surface area contributed by atoms with Crippen molar-refractivity contribution in [1.29, 1.82) is 0 Å². The number of aromatic nitrogens is 1. The van der Waals surface area contributed by atoms with E-state index in [1.165, 1.54) is 10.2 Å². The molecular formula is C10H14N2S. The normalized spacial score (nSPS) is 12.5. The molecule has 2 heterocycles. The lowest BCUT2D eigenvalue weighted by Gasteiger charge is -2.21. The molecule has 2 aromatic rings. The fourth-order valence-corrected chi connectivity index (χ4v) is 2.56. The minimum atomic E-state index is 0.138. The summed E-state index contributed by atoms with van der Waals surface area (Å²) in [5.41, 5.74) is 5.89. The fourth-order valence-electron chi connectivity index (χ4n) is 1.47. The van der Waals surface area contributed by atoms with Gasteiger partial charge in [0.15, 0.2) is 0 Å². The van der Waals surface area contributed by atoms with Gasteiger partial charge in [0.05, 0.1) is 5.00 Å². The van der Waals surface area contributed by atoms with Crippen LogP contribution in [0.25, 0.3) is 10.2 Å².